The summed E-state index contributed by atoms with van der Waals surface area (Å²) >= 11 is 6.28. The lowest BCUT2D eigenvalue weighted by Gasteiger charge is -2.18. The summed E-state index contributed by atoms with van der Waals surface area (Å²) in [5.41, 5.74) is 1.47. The summed E-state index contributed by atoms with van der Waals surface area (Å²) in [6.07, 6.45) is 4.57. The van der Waals surface area contributed by atoms with Gasteiger partial charge in [-0.2, -0.15) is 0 Å². The van der Waals surface area contributed by atoms with Gasteiger partial charge in [0.1, 0.15) is 5.82 Å². The number of hydrogen-bond acceptors (Lipinski definition) is 2. The molecule has 3 aromatic rings. The van der Waals surface area contributed by atoms with Crippen LogP contribution in [0.2, 0.25) is 5.02 Å². The summed E-state index contributed by atoms with van der Waals surface area (Å²) in [6, 6.07) is 15.2. The molecule has 1 aliphatic rings. The van der Waals surface area contributed by atoms with Crippen LogP contribution in [0.15, 0.2) is 53.3 Å². The van der Waals surface area contributed by atoms with Gasteiger partial charge in [0.2, 0.25) is 0 Å². The number of fused-ring (bicyclic) bond motifs is 1. The maximum Gasteiger partial charge on any atom is 0.267 e. The Balaban J connectivity index is 2.08. The molecule has 1 saturated carbocycles. The molecule has 1 aliphatic carbocycles. The lowest BCUT2D eigenvalue weighted by molar-refractivity contribution is 0.639. The summed E-state index contributed by atoms with van der Waals surface area (Å²) in [4.78, 5) is 18.0. The van der Waals surface area contributed by atoms with Crippen molar-refractivity contribution in [1.82, 2.24) is 9.55 Å². The average Bonchev–Trinajstić information content (AvgIpc) is 3.09. The Morgan fingerprint density at radius 1 is 1.00 bits per heavy atom. The van der Waals surface area contributed by atoms with Crippen LogP contribution in [0.25, 0.3) is 16.6 Å². The van der Waals surface area contributed by atoms with Crippen molar-refractivity contribution < 1.29 is 0 Å². The average molecular weight is 325 g/mol. The zero-order valence-electron chi connectivity index (χ0n) is 12.7. The van der Waals surface area contributed by atoms with Crippen LogP contribution in [-0.2, 0) is 0 Å². The van der Waals surface area contributed by atoms with Gasteiger partial charge in [0.25, 0.3) is 5.56 Å². The van der Waals surface area contributed by atoms with Crippen molar-refractivity contribution in [3.05, 3.63) is 69.7 Å². The molecule has 23 heavy (non-hydrogen) atoms. The number of halogens is 1. The van der Waals surface area contributed by atoms with E-state index in [0.29, 0.717) is 21.8 Å². The summed E-state index contributed by atoms with van der Waals surface area (Å²) in [5, 5.41) is 0.961. The van der Waals surface area contributed by atoms with Gasteiger partial charge in [-0.25, -0.2) is 4.98 Å². The second kappa shape index (κ2) is 5.82. The molecule has 0 aliphatic heterocycles. The molecule has 0 amide bonds. The van der Waals surface area contributed by atoms with Gasteiger partial charge in [-0.1, -0.05) is 48.7 Å². The van der Waals surface area contributed by atoms with E-state index in [1.807, 2.05) is 42.5 Å². The molecule has 1 fully saturated rings. The van der Waals surface area contributed by atoms with Gasteiger partial charge in [-0.3, -0.25) is 9.36 Å². The van der Waals surface area contributed by atoms with Crippen LogP contribution in [0.3, 0.4) is 0 Å². The molecule has 0 N–H and O–H groups in total. The first-order valence-electron chi connectivity index (χ1n) is 8.02. The molecule has 3 nitrogen and oxygen atoms in total. The molecule has 116 valence electrons. The highest BCUT2D eigenvalue weighted by Crippen LogP contribution is 2.34. The van der Waals surface area contributed by atoms with E-state index in [2.05, 4.69) is 0 Å². The summed E-state index contributed by atoms with van der Waals surface area (Å²) in [6.45, 7) is 0. The van der Waals surface area contributed by atoms with Crippen LogP contribution >= 0.6 is 11.6 Å². The minimum Gasteiger partial charge on any atom is -0.268 e. The molecule has 0 unspecified atom stereocenters. The standard InChI is InChI=1S/C19H17ClN2O/c20-15-11-6-12-16-17(15)19(23)22(14-9-2-1-3-10-14)18(21-16)13-7-4-5-8-13/h1-3,6,9-13H,4-5,7-8H2. The highest BCUT2D eigenvalue weighted by molar-refractivity contribution is 6.35. The van der Waals surface area contributed by atoms with Crippen molar-refractivity contribution in [2.24, 2.45) is 0 Å². The van der Waals surface area contributed by atoms with Crippen LogP contribution in [0, 0.1) is 0 Å². The molecule has 4 rings (SSSR count). The second-order valence-corrected chi connectivity index (χ2v) is 6.47. The maximum absolute atomic E-state index is 13.2. The van der Waals surface area contributed by atoms with E-state index in [0.717, 1.165) is 24.4 Å². The smallest absolute Gasteiger partial charge is 0.267 e. The van der Waals surface area contributed by atoms with Crippen molar-refractivity contribution in [2.45, 2.75) is 31.6 Å². The zero-order valence-corrected chi connectivity index (χ0v) is 13.5. The van der Waals surface area contributed by atoms with Crippen molar-refractivity contribution in [2.75, 3.05) is 0 Å². The fourth-order valence-electron chi connectivity index (χ4n) is 3.49. The number of benzene rings is 2. The second-order valence-electron chi connectivity index (χ2n) is 6.06. The van der Waals surface area contributed by atoms with Crippen molar-refractivity contribution in [1.29, 1.82) is 0 Å². The number of rotatable bonds is 2. The normalized spacial score (nSPS) is 15.3. The quantitative estimate of drug-likeness (QED) is 0.685. The molecule has 2 aromatic carbocycles. The first kappa shape index (κ1) is 14.5. The fourth-order valence-corrected chi connectivity index (χ4v) is 3.74. The van der Waals surface area contributed by atoms with Crippen molar-refractivity contribution in [3.63, 3.8) is 0 Å². The van der Waals surface area contributed by atoms with Gasteiger partial charge >= 0.3 is 0 Å². The van der Waals surface area contributed by atoms with Crippen molar-refractivity contribution >= 4 is 22.5 Å². The molecule has 0 bridgehead atoms. The predicted molar refractivity (Wildman–Crippen MR) is 93.6 cm³/mol. The lowest BCUT2D eigenvalue weighted by Crippen LogP contribution is -2.25. The van der Waals surface area contributed by atoms with Gasteiger partial charge in [0.05, 0.1) is 21.6 Å². The summed E-state index contributed by atoms with van der Waals surface area (Å²) in [5.74, 6) is 1.21. The van der Waals surface area contributed by atoms with Gasteiger partial charge in [-0.15, -0.1) is 0 Å². The number of aromatic nitrogens is 2. The number of para-hydroxylation sites is 1. The Kier molecular flexibility index (Phi) is 3.66. The van der Waals surface area contributed by atoms with E-state index in [1.165, 1.54) is 12.8 Å². The van der Waals surface area contributed by atoms with Gasteiger partial charge < -0.3 is 0 Å². The Morgan fingerprint density at radius 3 is 2.48 bits per heavy atom. The van der Waals surface area contributed by atoms with Gasteiger partial charge in [0.15, 0.2) is 0 Å². The largest absolute Gasteiger partial charge is 0.268 e. The molecule has 4 heteroatoms. The summed E-state index contributed by atoms with van der Waals surface area (Å²) < 4.78 is 1.75. The molecular weight excluding hydrogens is 308 g/mol. The maximum atomic E-state index is 13.2. The van der Waals surface area contributed by atoms with Crippen molar-refractivity contribution in [3.8, 4) is 5.69 Å². The first-order valence-corrected chi connectivity index (χ1v) is 8.40. The molecule has 1 aromatic heterocycles. The van der Waals surface area contributed by atoms with E-state index >= 15 is 0 Å². The lowest BCUT2D eigenvalue weighted by atomic mass is 10.1. The van der Waals surface area contributed by atoms with E-state index in [-0.39, 0.29) is 5.56 Å². The highest BCUT2D eigenvalue weighted by Gasteiger charge is 2.24. The number of hydrogen-bond donors (Lipinski definition) is 0. The molecular formula is C19H17ClN2O. The molecule has 0 atom stereocenters. The Labute approximate surface area is 139 Å². The molecule has 1 heterocycles. The summed E-state index contributed by atoms with van der Waals surface area (Å²) in [7, 11) is 0. The Morgan fingerprint density at radius 2 is 1.74 bits per heavy atom. The minimum absolute atomic E-state index is 0.0753. The third-order valence-corrected chi connectivity index (χ3v) is 4.92. The topological polar surface area (TPSA) is 34.9 Å². The Bertz CT molecular complexity index is 912. The zero-order chi connectivity index (χ0) is 15.8. The van der Waals surface area contributed by atoms with Gasteiger partial charge in [-0.05, 0) is 37.1 Å². The Hall–Kier alpha value is -2.13. The van der Waals surface area contributed by atoms with Crippen LogP contribution in [0.1, 0.15) is 37.4 Å². The monoisotopic (exact) mass is 324 g/mol. The van der Waals surface area contributed by atoms with Gasteiger partial charge in [0, 0.05) is 5.92 Å². The van der Waals surface area contributed by atoms with E-state index in [4.69, 9.17) is 16.6 Å². The van der Waals surface area contributed by atoms with Crippen LogP contribution in [0.5, 0.6) is 0 Å². The van der Waals surface area contributed by atoms with Crippen LogP contribution in [0.4, 0.5) is 0 Å². The highest BCUT2D eigenvalue weighted by atomic mass is 35.5. The first-order chi connectivity index (χ1) is 11.3. The molecule has 0 spiro atoms. The third-order valence-electron chi connectivity index (χ3n) is 4.61. The van der Waals surface area contributed by atoms with E-state index in [9.17, 15) is 4.79 Å². The minimum atomic E-state index is -0.0753. The predicted octanol–water partition coefficient (Wildman–Crippen LogP) is 4.70. The SMILES string of the molecule is O=c1c2c(Cl)cccc2nc(C2CCCC2)n1-c1ccccc1. The fraction of sp³-hybridized carbons (Fsp3) is 0.263. The van der Waals surface area contributed by atoms with E-state index < -0.39 is 0 Å². The van der Waals surface area contributed by atoms with Crippen LogP contribution in [-0.4, -0.2) is 9.55 Å². The molecule has 0 radical (unpaired) electrons. The third kappa shape index (κ3) is 2.45. The molecule has 0 saturated heterocycles. The number of nitrogens with zero attached hydrogens (tertiary/aromatic N) is 2. The van der Waals surface area contributed by atoms with E-state index in [1.54, 1.807) is 10.6 Å². The van der Waals surface area contributed by atoms with Crippen LogP contribution < -0.4 is 5.56 Å².